The first-order valence-corrected chi connectivity index (χ1v) is 8.76. The van der Waals surface area contributed by atoms with Crippen LogP contribution in [0.3, 0.4) is 0 Å². The van der Waals surface area contributed by atoms with E-state index in [0.717, 1.165) is 11.1 Å². The number of nitrogens with one attached hydrogen (secondary N) is 1. The molecule has 1 N–H and O–H groups in total. The van der Waals surface area contributed by atoms with Crippen LogP contribution >= 0.6 is 0 Å². The molecule has 0 aliphatic heterocycles. The van der Waals surface area contributed by atoms with Crippen LogP contribution in [0.2, 0.25) is 0 Å². The molecule has 1 atom stereocenters. The molecule has 5 heteroatoms. The molecule has 2 rings (SSSR count). The Morgan fingerprint density at radius 1 is 1.04 bits per heavy atom. The lowest BCUT2D eigenvalue weighted by Gasteiger charge is -2.18. The summed E-state index contributed by atoms with van der Waals surface area (Å²) < 4.78 is 10.8. The summed E-state index contributed by atoms with van der Waals surface area (Å²) in [5, 5.41) is 2.87. The first-order chi connectivity index (χ1) is 12.4. The molecule has 0 fully saturated rings. The van der Waals surface area contributed by atoms with Gasteiger partial charge in [0.2, 0.25) is 0 Å². The number of carbonyl (C=O) groups excluding carboxylic acids is 2. The summed E-state index contributed by atoms with van der Waals surface area (Å²) in [6.07, 6.45) is -0.0542. The molecule has 26 heavy (non-hydrogen) atoms. The lowest BCUT2D eigenvalue weighted by Crippen LogP contribution is -2.32. The van der Waals surface area contributed by atoms with Crippen LogP contribution in [-0.4, -0.2) is 24.6 Å². The van der Waals surface area contributed by atoms with Gasteiger partial charge >= 0.3 is 5.97 Å². The van der Waals surface area contributed by atoms with Crippen LogP contribution in [0.5, 0.6) is 5.75 Å². The highest BCUT2D eigenvalue weighted by Gasteiger charge is 2.19. The third kappa shape index (κ3) is 5.09. The number of esters is 1. The maximum absolute atomic E-state index is 12.6. The van der Waals surface area contributed by atoms with Gasteiger partial charge in [-0.05, 0) is 63.1 Å². The van der Waals surface area contributed by atoms with Crippen molar-refractivity contribution in [2.75, 3.05) is 11.9 Å². The van der Waals surface area contributed by atoms with E-state index >= 15 is 0 Å². The average Bonchev–Trinajstić information content (AvgIpc) is 2.63. The van der Waals surface area contributed by atoms with Crippen LogP contribution in [0.4, 0.5) is 5.69 Å². The van der Waals surface area contributed by atoms with E-state index in [1.165, 1.54) is 0 Å². The number of aryl methyl sites for hydroxylation is 2. The highest BCUT2D eigenvalue weighted by molar-refractivity contribution is 5.96. The average molecular weight is 355 g/mol. The van der Waals surface area contributed by atoms with Crippen LogP contribution in [0.25, 0.3) is 0 Å². The number of ether oxygens (including phenoxy) is 2. The maximum Gasteiger partial charge on any atom is 0.338 e. The fraction of sp³-hybridized carbons (Fsp3) is 0.333. The van der Waals surface area contributed by atoms with E-state index in [1.54, 1.807) is 25.1 Å². The number of hydrogen-bond acceptors (Lipinski definition) is 4. The number of rotatable bonds is 7. The van der Waals surface area contributed by atoms with Gasteiger partial charge in [-0.25, -0.2) is 4.79 Å². The molecule has 0 aliphatic rings. The number of benzene rings is 2. The van der Waals surface area contributed by atoms with Crippen molar-refractivity contribution in [1.82, 2.24) is 0 Å². The fourth-order valence-corrected chi connectivity index (χ4v) is 2.46. The highest BCUT2D eigenvalue weighted by atomic mass is 16.5. The second-order valence-electron chi connectivity index (χ2n) is 6.07. The summed E-state index contributed by atoms with van der Waals surface area (Å²) in [4.78, 5) is 24.3. The number of hydrogen-bond donors (Lipinski definition) is 1. The Morgan fingerprint density at radius 2 is 1.73 bits per heavy atom. The first-order valence-electron chi connectivity index (χ1n) is 8.76. The zero-order valence-corrected chi connectivity index (χ0v) is 15.7. The number of anilines is 1. The summed E-state index contributed by atoms with van der Waals surface area (Å²) in [5.41, 5.74) is 3.03. The Balaban J connectivity index is 2.07. The molecule has 1 amide bonds. The van der Waals surface area contributed by atoms with Crippen molar-refractivity contribution in [2.45, 2.75) is 40.2 Å². The van der Waals surface area contributed by atoms with Crippen molar-refractivity contribution in [3.8, 4) is 5.75 Å². The van der Waals surface area contributed by atoms with E-state index in [-0.39, 0.29) is 11.9 Å². The van der Waals surface area contributed by atoms with Crippen molar-refractivity contribution in [1.29, 1.82) is 0 Å². The van der Waals surface area contributed by atoms with Crippen LogP contribution < -0.4 is 10.1 Å². The molecule has 2 aromatic rings. The smallest absolute Gasteiger partial charge is 0.338 e. The Morgan fingerprint density at radius 3 is 2.31 bits per heavy atom. The summed E-state index contributed by atoms with van der Waals surface area (Å²) in [6, 6.07) is 12.6. The molecule has 0 spiro atoms. The lowest BCUT2D eigenvalue weighted by molar-refractivity contribution is -0.122. The molecule has 138 valence electrons. The molecule has 1 unspecified atom stereocenters. The molecule has 0 saturated carbocycles. The van der Waals surface area contributed by atoms with Gasteiger partial charge in [0.05, 0.1) is 12.2 Å². The van der Waals surface area contributed by atoms with Crippen molar-refractivity contribution in [3.63, 3.8) is 0 Å². The highest BCUT2D eigenvalue weighted by Crippen LogP contribution is 2.19. The summed E-state index contributed by atoms with van der Waals surface area (Å²) in [6.45, 7) is 7.81. The van der Waals surface area contributed by atoms with Gasteiger partial charge < -0.3 is 14.8 Å². The van der Waals surface area contributed by atoms with Crippen LogP contribution in [-0.2, 0) is 9.53 Å². The second kappa shape index (κ2) is 9.04. The summed E-state index contributed by atoms with van der Waals surface area (Å²) in [5.74, 6) is 0.0645. The normalized spacial score (nSPS) is 11.5. The van der Waals surface area contributed by atoms with Crippen LogP contribution in [0.15, 0.2) is 42.5 Å². The second-order valence-corrected chi connectivity index (χ2v) is 6.07. The Labute approximate surface area is 154 Å². The molecular weight excluding hydrogens is 330 g/mol. The molecule has 0 radical (unpaired) electrons. The largest absolute Gasteiger partial charge is 0.481 e. The van der Waals surface area contributed by atoms with Crippen molar-refractivity contribution in [3.05, 3.63) is 59.2 Å². The molecule has 5 nitrogen and oxygen atoms in total. The van der Waals surface area contributed by atoms with E-state index in [4.69, 9.17) is 9.47 Å². The van der Waals surface area contributed by atoms with Gasteiger partial charge in [0.1, 0.15) is 5.75 Å². The Bertz CT molecular complexity index is 768. The zero-order valence-electron chi connectivity index (χ0n) is 15.7. The number of amides is 1. The van der Waals surface area contributed by atoms with Crippen molar-refractivity contribution >= 4 is 17.6 Å². The first kappa shape index (κ1) is 19.5. The summed E-state index contributed by atoms with van der Waals surface area (Å²) in [7, 11) is 0. The van der Waals surface area contributed by atoms with E-state index < -0.39 is 6.10 Å². The third-order valence-corrected chi connectivity index (χ3v) is 3.96. The van der Waals surface area contributed by atoms with Crippen LogP contribution in [0.1, 0.15) is 41.8 Å². The van der Waals surface area contributed by atoms with Gasteiger partial charge in [-0.3, -0.25) is 4.79 Å². The molecule has 0 saturated heterocycles. The molecular formula is C21H25NO4. The minimum absolute atomic E-state index is 0.222. The van der Waals surface area contributed by atoms with E-state index in [0.29, 0.717) is 30.0 Å². The van der Waals surface area contributed by atoms with Gasteiger partial charge in [0.15, 0.2) is 6.10 Å². The SMILES string of the molecule is CCOC(=O)c1ccc(NC(=O)C(CC)Oc2ccc(C)cc2)c(C)c1. The molecule has 0 bridgehead atoms. The van der Waals surface area contributed by atoms with Gasteiger partial charge in [0.25, 0.3) is 5.91 Å². The fourth-order valence-electron chi connectivity index (χ4n) is 2.46. The minimum atomic E-state index is -0.596. The van der Waals surface area contributed by atoms with Crippen molar-refractivity contribution < 1.29 is 19.1 Å². The maximum atomic E-state index is 12.6. The van der Waals surface area contributed by atoms with E-state index in [9.17, 15) is 9.59 Å². The predicted octanol–water partition coefficient (Wildman–Crippen LogP) is 4.28. The topological polar surface area (TPSA) is 64.6 Å². The summed E-state index contributed by atoms with van der Waals surface area (Å²) >= 11 is 0. The standard InChI is InChI=1S/C21H25NO4/c1-5-19(26-17-10-7-14(3)8-11-17)20(23)22-18-12-9-16(13-15(18)4)21(24)25-6-2/h7-13,19H,5-6H2,1-4H3,(H,22,23). The predicted molar refractivity (Wildman–Crippen MR) is 102 cm³/mol. The lowest BCUT2D eigenvalue weighted by atomic mass is 10.1. The van der Waals surface area contributed by atoms with E-state index in [1.807, 2.05) is 45.0 Å². The van der Waals surface area contributed by atoms with Gasteiger partial charge in [-0.15, -0.1) is 0 Å². The Hall–Kier alpha value is -2.82. The monoisotopic (exact) mass is 355 g/mol. The quantitative estimate of drug-likeness (QED) is 0.753. The third-order valence-electron chi connectivity index (χ3n) is 3.96. The van der Waals surface area contributed by atoms with Crippen LogP contribution in [0, 0.1) is 13.8 Å². The molecule has 0 aliphatic carbocycles. The molecule has 0 heterocycles. The molecule has 2 aromatic carbocycles. The Kier molecular flexibility index (Phi) is 6.78. The van der Waals surface area contributed by atoms with Crippen molar-refractivity contribution in [2.24, 2.45) is 0 Å². The zero-order chi connectivity index (χ0) is 19.1. The van der Waals surface area contributed by atoms with E-state index in [2.05, 4.69) is 5.32 Å². The molecule has 0 aromatic heterocycles. The number of carbonyl (C=O) groups is 2. The van der Waals surface area contributed by atoms with Gasteiger partial charge in [-0.2, -0.15) is 0 Å². The minimum Gasteiger partial charge on any atom is -0.481 e. The van der Waals surface area contributed by atoms with Gasteiger partial charge in [0, 0.05) is 5.69 Å². The van der Waals surface area contributed by atoms with Gasteiger partial charge in [-0.1, -0.05) is 24.6 Å².